The second-order valence-electron chi connectivity index (χ2n) is 5.24. The zero-order chi connectivity index (χ0) is 16.7. The highest BCUT2D eigenvalue weighted by molar-refractivity contribution is 7.99. The number of hydrogen-bond donors (Lipinski definition) is 1. The summed E-state index contributed by atoms with van der Waals surface area (Å²) in [5, 5.41) is 12.2. The normalized spacial score (nSPS) is 11.9. The summed E-state index contributed by atoms with van der Waals surface area (Å²) in [5.41, 5.74) is 0.998. The lowest BCUT2D eigenvalue weighted by molar-refractivity contribution is -0.119. The highest BCUT2D eigenvalue weighted by atomic mass is 32.2. The minimum Gasteiger partial charge on any atom is -0.353 e. The first-order valence-electron chi connectivity index (χ1n) is 7.67. The molecule has 0 bridgehead atoms. The maximum atomic E-state index is 11.9. The van der Waals surface area contributed by atoms with Gasteiger partial charge in [-0.2, -0.15) is 0 Å². The van der Waals surface area contributed by atoms with Crippen LogP contribution in [0.25, 0.3) is 11.4 Å². The summed E-state index contributed by atoms with van der Waals surface area (Å²) in [6.45, 7) is 8.44. The van der Waals surface area contributed by atoms with Gasteiger partial charge in [0, 0.05) is 18.2 Å². The van der Waals surface area contributed by atoms with Gasteiger partial charge in [0.15, 0.2) is 11.0 Å². The number of thioether (sulfide) groups is 1. The van der Waals surface area contributed by atoms with E-state index in [-0.39, 0.29) is 11.9 Å². The average molecular weight is 330 g/mol. The number of carbonyl (C=O) groups is 1. The molecule has 1 aromatic heterocycles. The van der Waals surface area contributed by atoms with Gasteiger partial charge in [-0.25, -0.2) is 0 Å². The summed E-state index contributed by atoms with van der Waals surface area (Å²) in [6, 6.07) is 10.1. The Morgan fingerprint density at radius 3 is 2.78 bits per heavy atom. The van der Waals surface area contributed by atoms with E-state index in [4.69, 9.17) is 0 Å². The number of rotatable bonds is 8. The van der Waals surface area contributed by atoms with Crippen molar-refractivity contribution in [2.24, 2.45) is 0 Å². The first-order valence-corrected chi connectivity index (χ1v) is 8.66. The summed E-state index contributed by atoms with van der Waals surface area (Å²) >= 11 is 1.39. The highest BCUT2D eigenvalue weighted by Crippen LogP contribution is 2.23. The van der Waals surface area contributed by atoms with Gasteiger partial charge < -0.3 is 5.32 Å². The fourth-order valence-electron chi connectivity index (χ4n) is 2.04. The minimum atomic E-state index is 0.0127. The summed E-state index contributed by atoms with van der Waals surface area (Å²) < 4.78 is 1.98. The van der Waals surface area contributed by atoms with Gasteiger partial charge in [0.1, 0.15) is 0 Å². The molecule has 6 heteroatoms. The summed E-state index contributed by atoms with van der Waals surface area (Å²) in [4.78, 5) is 11.9. The number of aromatic nitrogens is 3. The Morgan fingerprint density at radius 2 is 2.13 bits per heavy atom. The molecule has 1 amide bonds. The van der Waals surface area contributed by atoms with E-state index in [2.05, 4.69) is 22.1 Å². The van der Waals surface area contributed by atoms with Crippen LogP contribution in [0.4, 0.5) is 0 Å². The monoisotopic (exact) mass is 330 g/mol. The SMILES string of the molecule is C=CCn1c(SCC(=O)N[C@H](C)CC)nnc1-c1ccccc1. The number of carbonyl (C=O) groups excluding carboxylic acids is 1. The van der Waals surface area contributed by atoms with E-state index < -0.39 is 0 Å². The first-order chi connectivity index (χ1) is 11.2. The molecule has 0 saturated carbocycles. The van der Waals surface area contributed by atoms with E-state index in [9.17, 15) is 4.79 Å². The van der Waals surface area contributed by atoms with Crippen LogP contribution in [0.5, 0.6) is 0 Å². The third-order valence-corrected chi connectivity index (χ3v) is 4.38. The zero-order valence-electron chi connectivity index (χ0n) is 13.5. The molecule has 1 aromatic carbocycles. The van der Waals surface area contributed by atoms with Gasteiger partial charge >= 0.3 is 0 Å². The van der Waals surface area contributed by atoms with Gasteiger partial charge in [-0.3, -0.25) is 9.36 Å². The third-order valence-electron chi connectivity index (χ3n) is 3.41. The molecule has 0 aliphatic heterocycles. The first kappa shape index (κ1) is 17.3. The number of hydrogen-bond acceptors (Lipinski definition) is 4. The fourth-order valence-corrected chi connectivity index (χ4v) is 2.80. The van der Waals surface area contributed by atoms with Gasteiger partial charge in [-0.15, -0.1) is 16.8 Å². The second-order valence-corrected chi connectivity index (χ2v) is 6.18. The number of allylic oxidation sites excluding steroid dienone is 1. The second kappa shape index (κ2) is 8.53. The van der Waals surface area contributed by atoms with Crippen LogP contribution in [-0.2, 0) is 11.3 Å². The number of amides is 1. The molecule has 0 fully saturated rings. The molecule has 0 unspecified atom stereocenters. The lowest BCUT2D eigenvalue weighted by Crippen LogP contribution is -2.33. The van der Waals surface area contributed by atoms with Crippen LogP contribution < -0.4 is 5.32 Å². The van der Waals surface area contributed by atoms with Crippen molar-refractivity contribution in [3.05, 3.63) is 43.0 Å². The predicted molar refractivity (Wildman–Crippen MR) is 94.3 cm³/mol. The Labute approximate surface area is 141 Å². The van der Waals surface area contributed by atoms with Crippen molar-refractivity contribution in [1.29, 1.82) is 0 Å². The highest BCUT2D eigenvalue weighted by Gasteiger charge is 2.15. The molecule has 1 atom stereocenters. The van der Waals surface area contributed by atoms with Crippen molar-refractivity contribution in [2.75, 3.05) is 5.75 Å². The van der Waals surface area contributed by atoms with Gasteiger partial charge in [-0.1, -0.05) is 55.1 Å². The Kier molecular flexibility index (Phi) is 6.40. The molecule has 1 N–H and O–H groups in total. The maximum Gasteiger partial charge on any atom is 0.230 e. The van der Waals surface area contributed by atoms with Crippen LogP contribution in [0, 0.1) is 0 Å². The summed E-state index contributed by atoms with van der Waals surface area (Å²) in [5.74, 6) is 1.13. The van der Waals surface area contributed by atoms with Crippen LogP contribution in [0.3, 0.4) is 0 Å². The molecule has 5 nitrogen and oxygen atoms in total. The van der Waals surface area contributed by atoms with E-state index >= 15 is 0 Å². The largest absolute Gasteiger partial charge is 0.353 e. The molecule has 23 heavy (non-hydrogen) atoms. The molecular weight excluding hydrogens is 308 g/mol. The maximum absolute atomic E-state index is 11.9. The number of nitrogens with one attached hydrogen (secondary N) is 1. The van der Waals surface area contributed by atoms with Gasteiger partial charge in [0.2, 0.25) is 5.91 Å². The zero-order valence-corrected chi connectivity index (χ0v) is 14.3. The van der Waals surface area contributed by atoms with E-state index in [1.54, 1.807) is 6.08 Å². The van der Waals surface area contributed by atoms with Crippen molar-refractivity contribution in [3.63, 3.8) is 0 Å². The van der Waals surface area contributed by atoms with Crippen molar-refractivity contribution in [1.82, 2.24) is 20.1 Å². The molecule has 2 rings (SSSR count). The van der Waals surface area contributed by atoms with Crippen LogP contribution in [0.2, 0.25) is 0 Å². The average Bonchev–Trinajstić information content (AvgIpc) is 2.97. The fraction of sp³-hybridized carbons (Fsp3) is 0.353. The summed E-state index contributed by atoms with van der Waals surface area (Å²) in [6.07, 6.45) is 2.72. The van der Waals surface area contributed by atoms with E-state index in [0.717, 1.165) is 23.0 Å². The Bertz CT molecular complexity index is 654. The Hall–Kier alpha value is -2.08. The van der Waals surface area contributed by atoms with Crippen molar-refractivity contribution in [3.8, 4) is 11.4 Å². The molecule has 2 aromatic rings. The predicted octanol–water partition coefficient (Wildman–Crippen LogP) is 3.14. The Morgan fingerprint density at radius 1 is 1.39 bits per heavy atom. The Balaban J connectivity index is 2.12. The minimum absolute atomic E-state index is 0.0127. The smallest absolute Gasteiger partial charge is 0.230 e. The van der Waals surface area contributed by atoms with Crippen molar-refractivity contribution < 1.29 is 4.79 Å². The summed E-state index contributed by atoms with van der Waals surface area (Å²) in [7, 11) is 0. The van der Waals surface area contributed by atoms with Gasteiger partial charge in [-0.05, 0) is 13.3 Å². The molecule has 122 valence electrons. The molecule has 0 spiro atoms. The standard InChI is InChI=1S/C17H22N4OS/c1-4-11-21-16(14-9-7-6-8-10-14)19-20-17(21)23-12-15(22)18-13(3)5-2/h4,6-10,13H,1,5,11-12H2,2-3H3,(H,18,22)/t13-/m1/s1. The number of benzene rings is 1. The van der Waals surface area contributed by atoms with E-state index in [0.29, 0.717) is 12.3 Å². The molecule has 0 saturated heterocycles. The van der Waals surface area contributed by atoms with Crippen LogP contribution in [0.15, 0.2) is 48.1 Å². The topological polar surface area (TPSA) is 59.8 Å². The van der Waals surface area contributed by atoms with Crippen LogP contribution in [-0.4, -0.2) is 32.5 Å². The molecule has 0 aliphatic carbocycles. The van der Waals surface area contributed by atoms with Crippen LogP contribution in [0.1, 0.15) is 20.3 Å². The molecular formula is C17H22N4OS. The molecule has 0 aliphatic rings. The van der Waals surface area contributed by atoms with Crippen LogP contribution >= 0.6 is 11.8 Å². The van der Waals surface area contributed by atoms with Crippen molar-refractivity contribution in [2.45, 2.75) is 38.0 Å². The molecule has 0 radical (unpaired) electrons. The lowest BCUT2D eigenvalue weighted by atomic mass is 10.2. The van der Waals surface area contributed by atoms with Gasteiger partial charge in [0.25, 0.3) is 0 Å². The van der Waals surface area contributed by atoms with E-state index in [1.807, 2.05) is 48.7 Å². The molecule has 1 heterocycles. The van der Waals surface area contributed by atoms with E-state index in [1.165, 1.54) is 11.8 Å². The quantitative estimate of drug-likeness (QED) is 0.597. The van der Waals surface area contributed by atoms with Crippen molar-refractivity contribution >= 4 is 17.7 Å². The lowest BCUT2D eigenvalue weighted by Gasteiger charge is -2.11. The van der Waals surface area contributed by atoms with Gasteiger partial charge in [0.05, 0.1) is 5.75 Å². The number of nitrogens with zero attached hydrogens (tertiary/aromatic N) is 3. The third kappa shape index (κ3) is 4.69.